The van der Waals surface area contributed by atoms with E-state index in [-0.39, 0.29) is 5.97 Å². The summed E-state index contributed by atoms with van der Waals surface area (Å²) in [6.07, 6.45) is 0. The molecule has 0 spiro atoms. The number of methoxy groups -OCH3 is 1. The van der Waals surface area contributed by atoms with E-state index in [1.165, 1.54) is 18.2 Å². The highest BCUT2D eigenvalue weighted by Crippen LogP contribution is 2.18. The molecule has 0 atom stereocenters. The Kier molecular flexibility index (Phi) is 4.81. The summed E-state index contributed by atoms with van der Waals surface area (Å²) in [5.74, 6) is 1.01. The minimum Gasteiger partial charge on any atom is -0.465 e. The second-order valence-corrected chi connectivity index (χ2v) is 5.34. The fourth-order valence-electron chi connectivity index (χ4n) is 2.38. The van der Waals surface area contributed by atoms with Crippen LogP contribution in [-0.4, -0.2) is 25.0 Å². The molecule has 4 heteroatoms. The molecule has 112 valence electrons. The fraction of sp³-hybridized carbons (Fsp3) is 0.353. The van der Waals surface area contributed by atoms with Crippen molar-refractivity contribution in [2.75, 3.05) is 14.2 Å². The highest BCUT2D eigenvalue weighted by atomic mass is 16.5. The first-order chi connectivity index (χ1) is 9.99. The predicted molar refractivity (Wildman–Crippen MR) is 81.1 cm³/mol. The van der Waals surface area contributed by atoms with Gasteiger partial charge in [-0.3, -0.25) is 4.90 Å². The van der Waals surface area contributed by atoms with Gasteiger partial charge in [0.05, 0.1) is 13.7 Å². The molecule has 0 fully saturated rings. The number of benzene rings is 1. The molecule has 0 aliphatic heterocycles. The van der Waals surface area contributed by atoms with Crippen LogP contribution in [0.3, 0.4) is 0 Å². The number of carbonyl (C=O) groups is 1. The maximum absolute atomic E-state index is 11.6. The highest BCUT2D eigenvalue weighted by Gasteiger charge is 2.16. The van der Waals surface area contributed by atoms with Crippen LogP contribution in [0.1, 0.15) is 33.0 Å². The molecular weight excluding hydrogens is 266 g/mol. The molecule has 2 rings (SSSR count). The number of carbonyl (C=O) groups excluding carboxylic acids is 1. The van der Waals surface area contributed by atoms with Crippen molar-refractivity contribution in [1.29, 1.82) is 0 Å². The molecular formula is C17H21NO3. The maximum Gasteiger partial charge on any atom is 0.341 e. The molecule has 0 saturated heterocycles. The van der Waals surface area contributed by atoms with Crippen molar-refractivity contribution in [3.8, 4) is 0 Å². The zero-order valence-electron chi connectivity index (χ0n) is 13.0. The van der Waals surface area contributed by atoms with E-state index >= 15 is 0 Å². The average molecular weight is 287 g/mol. The van der Waals surface area contributed by atoms with Gasteiger partial charge in [-0.25, -0.2) is 4.79 Å². The molecule has 1 heterocycles. The van der Waals surface area contributed by atoms with Crippen molar-refractivity contribution in [3.63, 3.8) is 0 Å². The summed E-state index contributed by atoms with van der Waals surface area (Å²) >= 11 is 0. The Morgan fingerprint density at radius 3 is 2.67 bits per heavy atom. The number of rotatable bonds is 5. The quantitative estimate of drug-likeness (QED) is 0.791. The third kappa shape index (κ3) is 3.95. The van der Waals surface area contributed by atoms with E-state index in [2.05, 4.69) is 36.1 Å². The number of ether oxygens (including phenoxy) is 1. The second-order valence-electron chi connectivity index (χ2n) is 5.34. The van der Waals surface area contributed by atoms with Crippen LogP contribution in [0.2, 0.25) is 0 Å². The van der Waals surface area contributed by atoms with Crippen LogP contribution < -0.4 is 0 Å². The number of hydrogen-bond donors (Lipinski definition) is 0. The maximum atomic E-state index is 11.6. The lowest BCUT2D eigenvalue weighted by molar-refractivity contribution is 0.0599. The monoisotopic (exact) mass is 287 g/mol. The van der Waals surface area contributed by atoms with Gasteiger partial charge in [0.1, 0.15) is 17.1 Å². The number of hydrogen-bond acceptors (Lipinski definition) is 4. The van der Waals surface area contributed by atoms with Gasteiger partial charge in [0.2, 0.25) is 0 Å². The lowest BCUT2D eigenvalue weighted by atomic mass is 10.1. The molecule has 0 amide bonds. The molecule has 1 aromatic carbocycles. The van der Waals surface area contributed by atoms with Gasteiger partial charge in [0.25, 0.3) is 0 Å². The Balaban J connectivity index is 2.03. The molecule has 0 aliphatic rings. The van der Waals surface area contributed by atoms with Gasteiger partial charge < -0.3 is 9.15 Å². The summed E-state index contributed by atoms with van der Waals surface area (Å²) in [5, 5.41) is 0. The van der Waals surface area contributed by atoms with Gasteiger partial charge in [0.15, 0.2) is 0 Å². The van der Waals surface area contributed by atoms with Crippen LogP contribution in [0, 0.1) is 13.8 Å². The molecule has 1 aromatic heterocycles. The molecule has 0 unspecified atom stereocenters. The van der Waals surface area contributed by atoms with Crippen molar-refractivity contribution < 1.29 is 13.9 Å². The molecule has 0 saturated carbocycles. The van der Waals surface area contributed by atoms with E-state index in [1.54, 1.807) is 13.0 Å². The van der Waals surface area contributed by atoms with Crippen molar-refractivity contribution in [1.82, 2.24) is 4.90 Å². The number of furan rings is 1. The SMILES string of the molecule is COC(=O)c1cc(CN(C)Cc2cccc(C)c2)oc1C. The van der Waals surface area contributed by atoms with Crippen LogP contribution in [0.15, 0.2) is 34.7 Å². The molecule has 0 bridgehead atoms. The normalized spacial score (nSPS) is 10.9. The van der Waals surface area contributed by atoms with Gasteiger partial charge in [-0.15, -0.1) is 0 Å². The zero-order valence-corrected chi connectivity index (χ0v) is 13.0. The molecule has 21 heavy (non-hydrogen) atoms. The molecule has 0 N–H and O–H groups in total. The van der Waals surface area contributed by atoms with Crippen molar-refractivity contribution in [3.05, 3.63) is 58.5 Å². The second kappa shape index (κ2) is 6.59. The van der Waals surface area contributed by atoms with Crippen LogP contribution in [0.4, 0.5) is 0 Å². The van der Waals surface area contributed by atoms with E-state index in [9.17, 15) is 4.79 Å². The summed E-state index contributed by atoms with van der Waals surface area (Å²) in [4.78, 5) is 13.7. The Morgan fingerprint density at radius 2 is 2.00 bits per heavy atom. The standard InChI is InChI=1S/C17H21NO3/c1-12-6-5-7-14(8-12)10-18(3)11-15-9-16(13(2)21-15)17(19)20-4/h5-9H,10-11H2,1-4H3. The Labute approximate surface area is 125 Å². The highest BCUT2D eigenvalue weighted by molar-refractivity contribution is 5.90. The smallest absolute Gasteiger partial charge is 0.341 e. The largest absolute Gasteiger partial charge is 0.465 e. The van der Waals surface area contributed by atoms with E-state index in [0.29, 0.717) is 17.9 Å². The minimum absolute atomic E-state index is 0.358. The third-order valence-electron chi connectivity index (χ3n) is 3.33. The molecule has 4 nitrogen and oxygen atoms in total. The average Bonchev–Trinajstić information content (AvgIpc) is 2.78. The van der Waals surface area contributed by atoms with E-state index in [0.717, 1.165) is 12.3 Å². The summed E-state index contributed by atoms with van der Waals surface area (Å²) in [7, 11) is 3.40. The topological polar surface area (TPSA) is 42.7 Å². The number of esters is 1. The van der Waals surface area contributed by atoms with Crippen LogP contribution in [0.5, 0.6) is 0 Å². The Hall–Kier alpha value is -2.07. The van der Waals surface area contributed by atoms with Gasteiger partial charge in [-0.2, -0.15) is 0 Å². The van der Waals surface area contributed by atoms with Gasteiger partial charge in [-0.05, 0) is 32.5 Å². The minimum atomic E-state index is -0.358. The first kappa shape index (κ1) is 15.3. The fourth-order valence-corrected chi connectivity index (χ4v) is 2.38. The van der Waals surface area contributed by atoms with Gasteiger partial charge in [-0.1, -0.05) is 29.8 Å². The van der Waals surface area contributed by atoms with E-state index in [4.69, 9.17) is 9.15 Å². The third-order valence-corrected chi connectivity index (χ3v) is 3.33. The summed E-state index contributed by atoms with van der Waals surface area (Å²) < 4.78 is 10.4. The summed E-state index contributed by atoms with van der Waals surface area (Å²) in [6.45, 7) is 5.33. The zero-order chi connectivity index (χ0) is 15.4. The number of aryl methyl sites for hydroxylation is 2. The summed E-state index contributed by atoms with van der Waals surface area (Å²) in [6, 6.07) is 10.2. The first-order valence-corrected chi connectivity index (χ1v) is 6.91. The van der Waals surface area contributed by atoms with E-state index in [1.807, 2.05) is 7.05 Å². The molecule has 0 aliphatic carbocycles. The van der Waals surface area contributed by atoms with E-state index < -0.39 is 0 Å². The Morgan fingerprint density at radius 1 is 1.24 bits per heavy atom. The Bertz CT molecular complexity index is 631. The summed E-state index contributed by atoms with van der Waals surface area (Å²) in [5.41, 5.74) is 3.01. The lowest BCUT2D eigenvalue weighted by Crippen LogP contribution is -2.16. The lowest BCUT2D eigenvalue weighted by Gasteiger charge is -2.15. The van der Waals surface area contributed by atoms with Gasteiger partial charge in [0, 0.05) is 6.54 Å². The first-order valence-electron chi connectivity index (χ1n) is 6.91. The van der Waals surface area contributed by atoms with Crippen molar-refractivity contribution >= 4 is 5.97 Å². The van der Waals surface area contributed by atoms with Crippen LogP contribution in [-0.2, 0) is 17.8 Å². The molecule has 2 aromatic rings. The van der Waals surface area contributed by atoms with Crippen molar-refractivity contribution in [2.45, 2.75) is 26.9 Å². The molecule has 0 radical (unpaired) electrons. The van der Waals surface area contributed by atoms with Crippen LogP contribution >= 0.6 is 0 Å². The van der Waals surface area contributed by atoms with Gasteiger partial charge >= 0.3 is 5.97 Å². The van der Waals surface area contributed by atoms with Crippen molar-refractivity contribution in [2.24, 2.45) is 0 Å². The van der Waals surface area contributed by atoms with Crippen LogP contribution in [0.25, 0.3) is 0 Å². The number of nitrogens with zero attached hydrogens (tertiary/aromatic N) is 1. The predicted octanol–water partition coefficient (Wildman–Crippen LogP) is 3.32.